The van der Waals surface area contributed by atoms with Gasteiger partial charge in [0.15, 0.2) is 5.82 Å². The summed E-state index contributed by atoms with van der Waals surface area (Å²) >= 11 is 3.46. The number of hydrogen-bond donors (Lipinski definition) is 1. The van der Waals surface area contributed by atoms with Gasteiger partial charge in [-0.05, 0) is 37.9 Å². The van der Waals surface area contributed by atoms with Crippen LogP contribution in [0.25, 0.3) is 0 Å². The summed E-state index contributed by atoms with van der Waals surface area (Å²) in [6.07, 6.45) is 1.83. The Hall–Kier alpha value is -1.73. The monoisotopic (exact) mass is 379 g/mol. The predicted molar refractivity (Wildman–Crippen MR) is 87.1 cm³/mol. The van der Waals surface area contributed by atoms with Gasteiger partial charge in [0.05, 0.1) is 5.92 Å². The van der Waals surface area contributed by atoms with Crippen LogP contribution in [0.2, 0.25) is 0 Å². The third-order valence-corrected chi connectivity index (χ3v) is 4.87. The second-order valence-electron chi connectivity index (χ2n) is 5.78. The van der Waals surface area contributed by atoms with Gasteiger partial charge in [0.1, 0.15) is 6.04 Å². The summed E-state index contributed by atoms with van der Waals surface area (Å²) in [6.45, 7) is 3.12. The summed E-state index contributed by atoms with van der Waals surface area (Å²) in [7, 11) is 0. The van der Waals surface area contributed by atoms with Gasteiger partial charge < -0.3 is 9.63 Å². The molecular formula is C16H18BrN3O3. The highest BCUT2D eigenvalue weighted by molar-refractivity contribution is 9.10. The van der Waals surface area contributed by atoms with Gasteiger partial charge >= 0.3 is 5.97 Å². The van der Waals surface area contributed by atoms with Crippen LogP contribution in [0.5, 0.6) is 0 Å². The third kappa shape index (κ3) is 3.45. The van der Waals surface area contributed by atoms with Crippen molar-refractivity contribution in [3.63, 3.8) is 0 Å². The molecular weight excluding hydrogens is 362 g/mol. The van der Waals surface area contributed by atoms with E-state index in [0.29, 0.717) is 18.3 Å². The molecule has 2 unspecified atom stereocenters. The van der Waals surface area contributed by atoms with Crippen LogP contribution in [0.15, 0.2) is 33.3 Å². The number of likely N-dealkylation sites (tertiary alicyclic amines) is 1. The van der Waals surface area contributed by atoms with E-state index < -0.39 is 12.0 Å². The molecule has 6 nitrogen and oxygen atoms in total. The number of aromatic nitrogens is 2. The van der Waals surface area contributed by atoms with Crippen molar-refractivity contribution in [2.75, 3.05) is 13.1 Å². The molecule has 2 atom stereocenters. The van der Waals surface area contributed by atoms with Crippen LogP contribution in [0.1, 0.15) is 42.1 Å². The number of benzene rings is 1. The standard InChI is InChI=1S/C16H18BrN3O3/c1-10-18-15(23-19-10)11-5-4-8-20(9-11)14(16(21)22)12-6-2-3-7-13(12)17/h2-3,6-7,11,14H,4-5,8-9H2,1H3,(H,21,22). The summed E-state index contributed by atoms with van der Waals surface area (Å²) in [6, 6.07) is 6.78. The van der Waals surface area contributed by atoms with Crippen LogP contribution in [0.4, 0.5) is 0 Å². The zero-order valence-corrected chi connectivity index (χ0v) is 14.4. The van der Waals surface area contributed by atoms with Gasteiger partial charge in [0.2, 0.25) is 5.89 Å². The Morgan fingerprint density at radius 3 is 2.91 bits per heavy atom. The van der Waals surface area contributed by atoms with Crippen molar-refractivity contribution in [2.45, 2.75) is 31.7 Å². The topological polar surface area (TPSA) is 79.5 Å². The van der Waals surface area contributed by atoms with Crippen molar-refractivity contribution in [3.8, 4) is 0 Å². The van der Waals surface area contributed by atoms with E-state index in [1.54, 1.807) is 6.92 Å². The quantitative estimate of drug-likeness (QED) is 0.878. The highest BCUT2D eigenvalue weighted by Gasteiger charge is 2.34. The molecule has 0 saturated carbocycles. The number of carboxylic acid groups (broad SMARTS) is 1. The van der Waals surface area contributed by atoms with Crippen LogP contribution in [0.3, 0.4) is 0 Å². The molecule has 1 aliphatic heterocycles. The molecule has 0 bridgehead atoms. The van der Waals surface area contributed by atoms with E-state index in [4.69, 9.17) is 4.52 Å². The van der Waals surface area contributed by atoms with E-state index in [0.717, 1.165) is 29.4 Å². The molecule has 1 aliphatic rings. The normalized spacial score (nSPS) is 20.3. The summed E-state index contributed by atoms with van der Waals surface area (Å²) in [5.41, 5.74) is 0.766. The molecule has 0 aliphatic carbocycles. The zero-order valence-electron chi connectivity index (χ0n) is 12.8. The van der Waals surface area contributed by atoms with Crippen LogP contribution < -0.4 is 0 Å². The average Bonchev–Trinajstić information content (AvgIpc) is 2.96. The molecule has 2 aromatic rings. The van der Waals surface area contributed by atoms with Crippen LogP contribution in [-0.4, -0.2) is 39.2 Å². The lowest BCUT2D eigenvalue weighted by Crippen LogP contribution is -2.41. The van der Waals surface area contributed by atoms with E-state index in [1.807, 2.05) is 29.2 Å². The van der Waals surface area contributed by atoms with E-state index in [1.165, 1.54) is 0 Å². The Morgan fingerprint density at radius 2 is 2.26 bits per heavy atom. The molecule has 3 rings (SSSR count). The largest absolute Gasteiger partial charge is 0.480 e. The second-order valence-corrected chi connectivity index (χ2v) is 6.63. The van der Waals surface area contributed by atoms with E-state index in [-0.39, 0.29) is 5.92 Å². The Kier molecular flexibility index (Phi) is 4.77. The Balaban J connectivity index is 1.85. The molecule has 1 fully saturated rings. The molecule has 122 valence electrons. The first-order chi connectivity index (χ1) is 11.1. The SMILES string of the molecule is Cc1noc(C2CCCN(C(C(=O)O)c3ccccc3Br)C2)n1. The average molecular weight is 380 g/mol. The van der Waals surface area contributed by atoms with Gasteiger partial charge in [-0.1, -0.05) is 39.3 Å². The number of rotatable bonds is 4. The molecule has 7 heteroatoms. The van der Waals surface area contributed by atoms with Crippen LogP contribution in [-0.2, 0) is 4.79 Å². The molecule has 1 saturated heterocycles. The molecule has 23 heavy (non-hydrogen) atoms. The van der Waals surface area contributed by atoms with Gasteiger partial charge in [0, 0.05) is 11.0 Å². The molecule has 1 aromatic carbocycles. The summed E-state index contributed by atoms with van der Waals surface area (Å²) in [5.74, 6) is 0.440. The maximum Gasteiger partial charge on any atom is 0.325 e. The number of hydrogen-bond acceptors (Lipinski definition) is 5. The molecule has 0 radical (unpaired) electrons. The van der Waals surface area contributed by atoms with Crippen LogP contribution in [0, 0.1) is 6.92 Å². The molecule has 1 aromatic heterocycles. The second kappa shape index (κ2) is 6.80. The predicted octanol–water partition coefficient (Wildman–Crippen LogP) is 3.15. The van der Waals surface area contributed by atoms with E-state index in [2.05, 4.69) is 26.1 Å². The van der Waals surface area contributed by atoms with Gasteiger partial charge in [-0.2, -0.15) is 4.98 Å². The van der Waals surface area contributed by atoms with Crippen molar-refractivity contribution < 1.29 is 14.4 Å². The number of nitrogens with zero attached hydrogens (tertiary/aromatic N) is 3. The van der Waals surface area contributed by atoms with Gasteiger partial charge in [-0.3, -0.25) is 9.69 Å². The first kappa shape index (κ1) is 16.1. The fourth-order valence-electron chi connectivity index (χ4n) is 3.10. The lowest BCUT2D eigenvalue weighted by atomic mass is 9.94. The van der Waals surface area contributed by atoms with E-state index >= 15 is 0 Å². The van der Waals surface area contributed by atoms with Gasteiger partial charge in [-0.25, -0.2) is 0 Å². The first-order valence-electron chi connectivity index (χ1n) is 7.57. The lowest BCUT2D eigenvalue weighted by molar-refractivity contribution is -0.144. The molecule has 0 amide bonds. The zero-order chi connectivity index (χ0) is 16.4. The summed E-state index contributed by atoms with van der Waals surface area (Å²) < 4.78 is 6.09. The van der Waals surface area contributed by atoms with Crippen molar-refractivity contribution >= 4 is 21.9 Å². The minimum absolute atomic E-state index is 0.0780. The summed E-state index contributed by atoms with van der Waals surface area (Å²) in [4.78, 5) is 18.2. The Bertz CT molecular complexity index is 703. The first-order valence-corrected chi connectivity index (χ1v) is 8.37. The minimum atomic E-state index is -0.848. The maximum atomic E-state index is 11.9. The van der Waals surface area contributed by atoms with E-state index in [9.17, 15) is 9.90 Å². The third-order valence-electron chi connectivity index (χ3n) is 4.14. The Morgan fingerprint density at radius 1 is 1.48 bits per heavy atom. The number of aliphatic carboxylic acids is 1. The highest BCUT2D eigenvalue weighted by atomic mass is 79.9. The van der Waals surface area contributed by atoms with Crippen molar-refractivity contribution in [2.24, 2.45) is 0 Å². The lowest BCUT2D eigenvalue weighted by Gasteiger charge is -2.35. The van der Waals surface area contributed by atoms with Crippen molar-refractivity contribution in [1.29, 1.82) is 0 Å². The number of aryl methyl sites for hydroxylation is 1. The summed E-state index contributed by atoms with van der Waals surface area (Å²) in [5, 5.41) is 13.6. The number of carboxylic acids is 1. The fourth-order valence-corrected chi connectivity index (χ4v) is 3.61. The number of piperidine rings is 1. The molecule has 2 heterocycles. The highest BCUT2D eigenvalue weighted by Crippen LogP contribution is 2.34. The molecule has 1 N–H and O–H groups in total. The minimum Gasteiger partial charge on any atom is -0.480 e. The molecule has 0 spiro atoms. The van der Waals surface area contributed by atoms with Crippen LogP contribution >= 0.6 is 15.9 Å². The Labute approximate surface area is 142 Å². The maximum absolute atomic E-state index is 11.9. The van der Waals surface area contributed by atoms with Gasteiger partial charge in [0.25, 0.3) is 0 Å². The number of halogens is 1. The number of carbonyl (C=O) groups is 1. The van der Waals surface area contributed by atoms with Gasteiger partial charge in [-0.15, -0.1) is 0 Å². The smallest absolute Gasteiger partial charge is 0.325 e. The fraction of sp³-hybridized carbons (Fsp3) is 0.438. The van der Waals surface area contributed by atoms with Crippen molar-refractivity contribution in [3.05, 3.63) is 46.0 Å². The van der Waals surface area contributed by atoms with Crippen molar-refractivity contribution in [1.82, 2.24) is 15.0 Å².